The summed E-state index contributed by atoms with van der Waals surface area (Å²) in [7, 11) is 0. The Hall–Kier alpha value is -4.05. The summed E-state index contributed by atoms with van der Waals surface area (Å²) in [4.78, 5) is 43.5. The summed E-state index contributed by atoms with van der Waals surface area (Å²) in [6.07, 6.45) is 2.55. The molecule has 2 aromatic heterocycles. The number of thiophene rings is 1. The Balaban J connectivity index is 0.00000105. The molecule has 12 heteroatoms. The molecule has 3 aliphatic heterocycles. The van der Waals surface area contributed by atoms with E-state index in [2.05, 4.69) is 21.3 Å². The number of imide groups is 1. The topological polar surface area (TPSA) is 156 Å². The third-order valence-corrected chi connectivity index (χ3v) is 10.4. The maximum atomic E-state index is 13.0. The maximum absolute atomic E-state index is 13.0. The summed E-state index contributed by atoms with van der Waals surface area (Å²) in [5, 5.41) is 30.1. The van der Waals surface area contributed by atoms with Crippen molar-refractivity contribution in [3.05, 3.63) is 40.9 Å². The highest BCUT2D eigenvalue weighted by Gasteiger charge is 2.72. The molecule has 3 fully saturated rings. The van der Waals surface area contributed by atoms with Crippen LogP contribution in [0.1, 0.15) is 37.6 Å². The number of nitriles is 1. The molecule has 4 aliphatic rings. The summed E-state index contributed by atoms with van der Waals surface area (Å²) in [5.41, 5.74) is 3.49. The molecule has 3 aromatic rings. The van der Waals surface area contributed by atoms with Gasteiger partial charge in [-0.15, -0.1) is 11.3 Å². The molecular weight excluding hydrogens is 570 g/mol. The van der Waals surface area contributed by atoms with Crippen LogP contribution >= 0.6 is 11.3 Å². The molecule has 0 bridgehead atoms. The Kier molecular flexibility index (Phi) is 7.15. The number of anilines is 1. The standard InChI is InChI=1S/C30H31N5O4S.CH2O2/c1-29(2)23-24(29)28(38)35(27(23)37)14-18-10-21-26(40-18)19(4-5-32-21)20-8-16(12-31)9-22-25(20)34(6-7-39-22)17-11-30(3,15-36)33-13-17;2-1-3/h4-5,8-10,17,23-24,33,36H,6-7,11,13-15H2,1-3H3;1H,(H,2,3)/t17-,23?,24?,30+;/m0./s1. The molecule has 11 nitrogen and oxygen atoms in total. The first-order valence-corrected chi connectivity index (χ1v) is 15.0. The number of rotatable bonds is 5. The summed E-state index contributed by atoms with van der Waals surface area (Å²) < 4.78 is 7.04. The quantitative estimate of drug-likeness (QED) is 0.293. The predicted molar refractivity (Wildman–Crippen MR) is 160 cm³/mol. The number of nitrogens with one attached hydrogen (secondary N) is 1. The number of hydrogen-bond donors (Lipinski definition) is 3. The van der Waals surface area contributed by atoms with Crippen LogP contribution in [0.2, 0.25) is 0 Å². The number of aromatic nitrogens is 1. The zero-order chi connectivity index (χ0) is 30.7. The highest BCUT2D eigenvalue weighted by molar-refractivity contribution is 7.19. The summed E-state index contributed by atoms with van der Waals surface area (Å²) in [5.74, 6) is 0.123. The summed E-state index contributed by atoms with van der Waals surface area (Å²) in [6, 6.07) is 10.1. The van der Waals surface area contributed by atoms with Crippen molar-refractivity contribution in [2.75, 3.05) is 31.2 Å². The van der Waals surface area contributed by atoms with Crippen molar-refractivity contribution in [3.63, 3.8) is 0 Å². The van der Waals surface area contributed by atoms with Gasteiger partial charge in [0.25, 0.3) is 6.47 Å². The highest BCUT2D eigenvalue weighted by Crippen LogP contribution is 2.63. The van der Waals surface area contributed by atoms with Gasteiger partial charge in [0.1, 0.15) is 12.4 Å². The van der Waals surface area contributed by atoms with Gasteiger partial charge >= 0.3 is 0 Å². The van der Waals surface area contributed by atoms with Crippen LogP contribution in [0, 0.1) is 28.6 Å². The van der Waals surface area contributed by atoms with E-state index >= 15 is 0 Å². The van der Waals surface area contributed by atoms with Crippen LogP contribution < -0.4 is 15.0 Å². The number of benzene rings is 1. The number of nitrogens with zero attached hydrogens (tertiary/aromatic N) is 4. The number of aliphatic hydroxyl groups excluding tert-OH is 1. The number of fused-ring (bicyclic) bond motifs is 3. The van der Waals surface area contributed by atoms with Crippen LogP contribution in [0.25, 0.3) is 21.3 Å². The Bertz CT molecular complexity index is 1660. The predicted octanol–water partition coefficient (Wildman–Crippen LogP) is 2.99. The maximum Gasteiger partial charge on any atom is 0.290 e. The first kappa shape index (κ1) is 29.0. The van der Waals surface area contributed by atoms with E-state index in [0.717, 1.165) is 44.9 Å². The Morgan fingerprint density at radius 2 is 1.93 bits per heavy atom. The second-order valence-corrected chi connectivity index (χ2v) is 13.5. The Labute approximate surface area is 252 Å². The van der Waals surface area contributed by atoms with Gasteiger partial charge in [-0.1, -0.05) is 13.8 Å². The van der Waals surface area contributed by atoms with Gasteiger partial charge in [-0.2, -0.15) is 5.26 Å². The van der Waals surface area contributed by atoms with E-state index in [4.69, 9.17) is 14.6 Å². The van der Waals surface area contributed by atoms with Gasteiger partial charge in [0, 0.05) is 46.4 Å². The van der Waals surface area contributed by atoms with Crippen molar-refractivity contribution in [2.45, 2.75) is 45.3 Å². The largest absolute Gasteiger partial charge is 0.489 e. The van der Waals surface area contributed by atoms with Gasteiger partial charge in [0.05, 0.1) is 59.1 Å². The van der Waals surface area contributed by atoms with E-state index in [0.29, 0.717) is 24.5 Å². The number of carbonyl (C=O) groups excluding carboxylic acids is 2. The molecule has 1 aliphatic carbocycles. The fraction of sp³-hybridized carbons (Fsp3) is 0.452. The molecule has 2 amide bonds. The number of ether oxygens (including phenoxy) is 1. The number of likely N-dealkylation sites (tertiary alicyclic amines) is 1. The number of aliphatic hydroxyl groups is 1. The van der Waals surface area contributed by atoms with Gasteiger partial charge in [0.15, 0.2) is 0 Å². The molecule has 2 saturated heterocycles. The van der Waals surface area contributed by atoms with Crippen molar-refractivity contribution in [3.8, 4) is 22.9 Å². The third kappa shape index (κ3) is 4.72. The van der Waals surface area contributed by atoms with Gasteiger partial charge in [-0.25, -0.2) is 0 Å². The molecule has 224 valence electrons. The second-order valence-electron chi connectivity index (χ2n) is 12.4. The number of amides is 2. The van der Waals surface area contributed by atoms with Crippen LogP contribution in [0.15, 0.2) is 30.5 Å². The Morgan fingerprint density at radius 3 is 2.58 bits per heavy atom. The Morgan fingerprint density at radius 1 is 1.21 bits per heavy atom. The minimum Gasteiger partial charge on any atom is -0.489 e. The zero-order valence-corrected chi connectivity index (χ0v) is 25.0. The molecule has 7 rings (SSSR count). The first-order valence-electron chi connectivity index (χ1n) is 14.2. The van der Waals surface area contributed by atoms with Crippen LogP contribution in [-0.4, -0.2) is 76.3 Å². The molecule has 4 atom stereocenters. The van der Waals surface area contributed by atoms with Crippen LogP contribution in [-0.2, 0) is 20.9 Å². The third-order valence-electron chi connectivity index (χ3n) is 9.28. The molecule has 3 N–H and O–H groups in total. The van der Waals surface area contributed by atoms with E-state index in [9.17, 15) is 20.0 Å². The van der Waals surface area contributed by atoms with Crippen LogP contribution in [0.5, 0.6) is 5.75 Å². The van der Waals surface area contributed by atoms with Gasteiger partial charge in [0.2, 0.25) is 11.8 Å². The molecule has 1 saturated carbocycles. The van der Waals surface area contributed by atoms with E-state index in [1.165, 1.54) is 16.2 Å². The molecule has 0 spiro atoms. The van der Waals surface area contributed by atoms with Gasteiger partial charge in [-0.05, 0) is 37.0 Å². The summed E-state index contributed by atoms with van der Waals surface area (Å²) in [6.45, 7) is 8.02. The normalized spacial score (nSPS) is 26.7. The number of pyridine rings is 1. The van der Waals surface area contributed by atoms with Crippen LogP contribution in [0.3, 0.4) is 0 Å². The molecule has 5 heterocycles. The number of carbonyl (C=O) groups is 3. The van der Waals surface area contributed by atoms with E-state index in [1.54, 1.807) is 12.3 Å². The van der Waals surface area contributed by atoms with Crippen molar-refractivity contribution in [1.82, 2.24) is 15.2 Å². The lowest BCUT2D eigenvalue weighted by atomic mass is 9.95. The van der Waals surface area contributed by atoms with Crippen LogP contribution in [0.4, 0.5) is 5.69 Å². The average Bonchev–Trinajstić information content (AvgIpc) is 3.34. The van der Waals surface area contributed by atoms with E-state index in [-0.39, 0.29) is 60.3 Å². The number of hydrogen-bond acceptors (Lipinski definition) is 10. The molecule has 0 radical (unpaired) electrons. The monoisotopic (exact) mass is 603 g/mol. The first-order chi connectivity index (χ1) is 20.6. The zero-order valence-electron chi connectivity index (χ0n) is 24.2. The lowest BCUT2D eigenvalue weighted by Crippen LogP contribution is -2.42. The lowest BCUT2D eigenvalue weighted by molar-refractivity contribution is -0.143. The average molecular weight is 604 g/mol. The molecule has 2 unspecified atom stereocenters. The van der Waals surface area contributed by atoms with Gasteiger partial charge in [-0.3, -0.25) is 24.3 Å². The molecular formula is C31H33N5O6S. The van der Waals surface area contributed by atoms with Gasteiger partial charge < -0.3 is 25.2 Å². The fourth-order valence-electron chi connectivity index (χ4n) is 6.98. The van der Waals surface area contributed by atoms with Crippen molar-refractivity contribution in [2.24, 2.45) is 17.3 Å². The summed E-state index contributed by atoms with van der Waals surface area (Å²) >= 11 is 1.53. The highest BCUT2D eigenvalue weighted by atomic mass is 32.1. The van der Waals surface area contributed by atoms with E-state index < -0.39 is 0 Å². The van der Waals surface area contributed by atoms with Crippen molar-refractivity contribution < 1.29 is 29.3 Å². The fourth-order valence-corrected chi connectivity index (χ4v) is 8.11. The van der Waals surface area contributed by atoms with E-state index in [1.807, 2.05) is 39.0 Å². The smallest absolute Gasteiger partial charge is 0.290 e. The minimum absolute atomic E-state index is 0.0604. The SMILES string of the molecule is CC1(C)C2C(=O)N(Cc3cc4nccc(-c5cc(C#N)cc6c5N([C@@H]5CN[C@@](C)(CO)C5)CCO6)c4s3)C(=O)C21.O=CO. The van der Waals surface area contributed by atoms with Crippen molar-refractivity contribution in [1.29, 1.82) is 5.26 Å². The number of carboxylic acid groups (broad SMARTS) is 1. The second kappa shape index (κ2) is 10.6. The molecule has 1 aromatic carbocycles. The minimum atomic E-state index is -0.345. The molecule has 43 heavy (non-hydrogen) atoms. The lowest BCUT2D eigenvalue weighted by Gasteiger charge is -2.38. The van der Waals surface area contributed by atoms with Crippen molar-refractivity contribution >= 4 is 45.5 Å². The number of piperidine rings is 1.